The van der Waals surface area contributed by atoms with Gasteiger partial charge >= 0.3 is 17.9 Å². The summed E-state index contributed by atoms with van der Waals surface area (Å²) in [5.41, 5.74) is -0.285. The molecule has 1 saturated heterocycles. The molecule has 0 spiro atoms. The number of esters is 2. The zero-order chi connectivity index (χ0) is 31.3. The normalized spacial score (nSPS) is 17.9. The number of hydrogen-bond donors (Lipinski definition) is 2. The van der Waals surface area contributed by atoms with Gasteiger partial charge in [-0.25, -0.2) is 0 Å². The molecule has 0 bridgehead atoms. The van der Waals surface area contributed by atoms with Crippen LogP contribution in [0.2, 0.25) is 0 Å². The second kappa shape index (κ2) is 16.8. The van der Waals surface area contributed by atoms with Crippen molar-refractivity contribution in [2.45, 2.75) is 72.1 Å². The first-order chi connectivity index (χ1) is 19.6. The van der Waals surface area contributed by atoms with Crippen molar-refractivity contribution in [3.05, 3.63) is 29.8 Å². The predicted octanol–water partition coefficient (Wildman–Crippen LogP) is 2.27. The summed E-state index contributed by atoms with van der Waals surface area (Å²) in [6, 6.07) is 6.70. The van der Waals surface area contributed by atoms with Gasteiger partial charge in [0.15, 0.2) is 0 Å². The van der Waals surface area contributed by atoms with Gasteiger partial charge in [0.25, 0.3) is 0 Å². The Morgan fingerprint density at radius 2 is 1.29 bits per heavy atom. The number of nitrogens with one attached hydrogen (secondary N) is 1. The zero-order valence-electron chi connectivity index (χ0n) is 26.6. The Morgan fingerprint density at radius 1 is 0.810 bits per heavy atom. The first-order valence-corrected chi connectivity index (χ1v) is 14.9. The summed E-state index contributed by atoms with van der Waals surface area (Å²) in [5.74, 6) is -0.804. The Bertz CT molecular complexity index is 944. The van der Waals surface area contributed by atoms with Crippen molar-refractivity contribution in [3.8, 4) is 5.75 Å². The van der Waals surface area contributed by atoms with E-state index >= 15 is 0 Å². The number of hydrogen-bond acceptors (Lipinski definition) is 10. The number of aliphatic carboxylic acids is 1. The van der Waals surface area contributed by atoms with Gasteiger partial charge in [0, 0.05) is 52.4 Å². The van der Waals surface area contributed by atoms with Crippen LogP contribution in [0.1, 0.15) is 54.0 Å². The summed E-state index contributed by atoms with van der Waals surface area (Å²) in [7, 11) is 0. The van der Waals surface area contributed by atoms with Crippen LogP contribution in [0.25, 0.3) is 0 Å². The lowest BCUT2D eigenvalue weighted by atomic mass is 10.0. The minimum atomic E-state index is -0.921. The molecule has 1 aromatic rings. The number of carbonyl (C=O) groups excluding carboxylic acids is 2. The molecule has 0 radical (unpaired) electrons. The number of carboxylic acids is 1. The zero-order valence-corrected chi connectivity index (χ0v) is 26.6. The van der Waals surface area contributed by atoms with E-state index < -0.39 is 23.2 Å². The highest BCUT2D eigenvalue weighted by Crippen LogP contribution is 2.16. The molecule has 42 heavy (non-hydrogen) atoms. The fourth-order valence-corrected chi connectivity index (χ4v) is 4.70. The van der Waals surface area contributed by atoms with E-state index in [2.05, 4.69) is 5.32 Å². The van der Waals surface area contributed by atoms with Gasteiger partial charge in [-0.2, -0.15) is 0 Å². The SMILES string of the molecule is CCOc1ccc(CC(C(=O)O)N2CCN(CC(=O)OC(C)(C)C)CCNCCN(CC(=O)OC(C)(C)C)CC2)cc1. The van der Waals surface area contributed by atoms with Crippen LogP contribution >= 0.6 is 0 Å². The summed E-state index contributed by atoms with van der Waals surface area (Å²) in [4.78, 5) is 43.8. The highest BCUT2D eigenvalue weighted by Gasteiger charge is 2.28. The van der Waals surface area contributed by atoms with Gasteiger partial charge in [-0.1, -0.05) is 12.1 Å². The van der Waals surface area contributed by atoms with E-state index in [1.165, 1.54) is 0 Å². The van der Waals surface area contributed by atoms with Crippen LogP contribution in [0.15, 0.2) is 24.3 Å². The summed E-state index contributed by atoms with van der Waals surface area (Å²) >= 11 is 0. The van der Waals surface area contributed by atoms with Crippen LogP contribution < -0.4 is 10.1 Å². The average molecular weight is 593 g/mol. The maximum Gasteiger partial charge on any atom is 0.321 e. The largest absolute Gasteiger partial charge is 0.494 e. The molecule has 2 N–H and O–H groups in total. The number of rotatable bonds is 10. The third-order valence-corrected chi connectivity index (χ3v) is 6.55. The first-order valence-electron chi connectivity index (χ1n) is 14.9. The molecule has 0 amide bonds. The minimum absolute atomic E-state index is 0.119. The van der Waals surface area contributed by atoms with Crippen LogP contribution in [0.4, 0.5) is 0 Å². The summed E-state index contributed by atoms with van der Waals surface area (Å²) in [6.45, 7) is 18.0. The number of ether oxygens (including phenoxy) is 3. The van der Waals surface area contributed by atoms with Crippen molar-refractivity contribution in [1.82, 2.24) is 20.0 Å². The van der Waals surface area contributed by atoms with Crippen LogP contribution in [0, 0.1) is 0 Å². The third-order valence-electron chi connectivity index (χ3n) is 6.55. The molecular formula is C31H52N4O7. The molecule has 1 heterocycles. The Kier molecular flexibility index (Phi) is 14.2. The van der Waals surface area contributed by atoms with Crippen molar-refractivity contribution in [2.75, 3.05) is 72.1 Å². The molecule has 11 nitrogen and oxygen atoms in total. The Hall–Kier alpha value is -2.73. The number of carbonyl (C=O) groups is 3. The predicted molar refractivity (Wildman–Crippen MR) is 162 cm³/mol. The molecule has 1 unspecified atom stereocenters. The van der Waals surface area contributed by atoms with E-state index in [1.54, 1.807) is 0 Å². The second-order valence-corrected chi connectivity index (χ2v) is 12.6. The van der Waals surface area contributed by atoms with Crippen molar-refractivity contribution < 1.29 is 33.7 Å². The van der Waals surface area contributed by atoms with Crippen LogP contribution in [0.3, 0.4) is 0 Å². The highest BCUT2D eigenvalue weighted by molar-refractivity contribution is 5.74. The van der Waals surface area contributed by atoms with Crippen molar-refractivity contribution in [2.24, 2.45) is 0 Å². The molecule has 0 saturated carbocycles. The lowest BCUT2D eigenvalue weighted by Crippen LogP contribution is -2.52. The monoisotopic (exact) mass is 592 g/mol. The molecule has 0 aliphatic carbocycles. The number of benzene rings is 1. The lowest BCUT2D eigenvalue weighted by molar-refractivity contribution is -0.157. The van der Waals surface area contributed by atoms with Gasteiger partial charge in [0.1, 0.15) is 23.0 Å². The van der Waals surface area contributed by atoms with E-state index in [0.29, 0.717) is 65.4 Å². The van der Waals surface area contributed by atoms with Crippen molar-refractivity contribution in [3.63, 3.8) is 0 Å². The third kappa shape index (κ3) is 14.4. The standard InChI is InChI=1S/C31H52N4O7/c1-8-40-25-11-9-24(10-12-25)21-26(29(38)39)35-19-17-33(22-27(36)41-30(2,3)4)15-13-32-14-16-34(18-20-35)23-28(37)42-31(5,6)7/h9-12,26,32H,8,13-23H2,1-7H3,(H,38,39). The van der Waals surface area contributed by atoms with Gasteiger partial charge < -0.3 is 24.6 Å². The van der Waals surface area contributed by atoms with Crippen molar-refractivity contribution >= 4 is 17.9 Å². The van der Waals surface area contributed by atoms with Gasteiger partial charge in [0.2, 0.25) is 0 Å². The molecule has 1 aromatic carbocycles. The van der Waals surface area contributed by atoms with E-state index in [0.717, 1.165) is 11.3 Å². The summed E-state index contributed by atoms with van der Waals surface area (Å²) < 4.78 is 16.6. The smallest absolute Gasteiger partial charge is 0.321 e. The average Bonchev–Trinajstić information content (AvgIpc) is 2.84. The Labute approximate surface area is 251 Å². The number of carboxylic acid groups (broad SMARTS) is 1. The topological polar surface area (TPSA) is 121 Å². The maximum atomic E-state index is 12.6. The lowest BCUT2D eigenvalue weighted by Gasteiger charge is -2.34. The highest BCUT2D eigenvalue weighted by atomic mass is 16.6. The second-order valence-electron chi connectivity index (χ2n) is 12.6. The van der Waals surface area contributed by atoms with E-state index in [4.69, 9.17) is 14.2 Å². The molecular weight excluding hydrogens is 540 g/mol. The fraction of sp³-hybridized carbons (Fsp3) is 0.710. The minimum Gasteiger partial charge on any atom is -0.494 e. The summed E-state index contributed by atoms with van der Waals surface area (Å²) in [6.07, 6.45) is 0.307. The molecule has 0 aromatic heterocycles. The Morgan fingerprint density at radius 3 is 1.69 bits per heavy atom. The van der Waals surface area contributed by atoms with Gasteiger partial charge in [0.05, 0.1) is 19.7 Å². The molecule has 2 rings (SSSR count). The van der Waals surface area contributed by atoms with Crippen LogP contribution in [-0.2, 0) is 30.3 Å². The van der Waals surface area contributed by atoms with E-state index in [9.17, 15) is 19.5 Å². The molecule has 11 heteroatoms. The molecule has 1 fully saturated rings. The van der Waals surface area contributed by atoms with E-state index in [-0.39, 0.29) is 25.0 Å². The van der Waals surface area contributed by atoms with Crippen molar-refractivity contribution in [1.29, 1.82) is 0 Å². The quantitative estimate of drug-likeness (QED) is 0.389. The molecule has 1 aliphatic heterocycles. The number of nitrogens with zero attached hydrogens (tertiary/aromatic N) is 3. The molecule has 1 aliphatic rings. The van der Waals surface area contributed by atoms with Crippen LogP contribution in [0.5, 0.6) is 5.75 Å². The maximum absolute atomic E-state index is 12.6. The van der Waals surface area contributed by atoms with Gasteiger partial charge in [-0.15, -0.1) is 0 Å². The van der Waals surface area contributed by atoms with Gasteiger partial charge in [-0.05, 0) is 72.6 Å². The summed E-state index contributed by atoms with van der Waals surface area (Å²) in [5, 5.41) is 13.7. The first kappa shape index (κ1) is 35.5. The molecule has 238 valence electrons. The Balaban J connectivity index is 2.25. The van der Waals surface area contributed by atoms with Gasteiger partial charge in [-0.3, -0.25) is 29.1 Å². The molecule has 1 atom stereocenters. The van der Waals surface area contributed by atoms with Crippen LogP contribution in [-0.4, -0.2) is 127 Å². The fourth-order valence-electron chi connectivity index (χ4n) is 4.70. The van der Waals surface area contributed by atoms with E-state index in [1.807, 2.05) is 87.4 Å².